The van der Waals surface area contributed by atoms with Crippen LogP contribution in [0.15, 0.2) is 65.6 Å². The molecule has 1 N–H and O–H groups in total. The molecule has 0 aromatic heterocycles. The molecule has 3 rings (SSSR count). The van der Waals surface area contributed by atoms with Crippen molar-refractivity contribution in [2.45, 2.75) is 18.4 Å². The van der Waals surface area contributed by atoms with Gasteiger partial charge in [-0.1, -0.05) is 52.5 Å². The molecule has 5 nitrogen and oxygen atoms in total. The zero-order chi connectivity index (χ0) is 23.5. The van der Waals surface area contributed by atoms with E-state index < -0.39 is 22.5 Å². The van der Waals surface area contributed by atoms with Gasteiger partial charge in [0, 0.05) is 37.9 Å². The summed E-state index contributed by atoms with van der Waals surface area (Å²) < 4.78 is 27.8. The molecule has 32 heavy (non-hydrogen) atoms. The number of anilines is 1. The van der Waals surface area contributed by atoms with Gasteiger partial charge < -0.3 is 5.32 Å². The molecule has 0 fully saturated rings. The average molecular weight is 532 g/mol. The number of benzene rings is 3. The SMILES string of the molecule is Cc1cc(Cl)ccc1NC(=O)CN(Cc1c(Cl)cccc1Cl)S(=O)(=O)c1ccc(Cl)cc1. The number of carbonyl (C=O) groups excluding carboxylic acids is 1. The van der Waals surface area contributed by atoms with Crippen molar-refractivity contribution in [2.24, 2.45) is 0 Å². The van der Waals surface area contributed by atoms with Gasteiger partial charge in [-0.3, -0.25) is 4.79 Å². The quantitative estimate of drug-likeness (QED) is 0.381. The third-order valence-corrected chi connectivity index (χ3v) is 7.63. The van der Waals surface area contributed by atoms with Crippen LogP contribution in [0.25, 0.3) is 0 Å². The van der Waals surface area contributed by atoms with Crippen molar-refractivity contribution in [1.82, 2.24) is 4.31 Å². The van der Waals surface area contributed by atoms with Crippen LogP contribution in [0.4, 0.5) is 5.69 Å². The monoisotopic (exact) mass is 530 g/mol. The van der Waals surface area contributed by atoms with Crippen LogP contribution in [-0.2, 0) is 21.4 Å². The van der Waals surface area contributed by atoms with Crippen LogP contribution in [0.2, 0.25) is 20.1 Å². The van der Waals surface area contributed by atoms with E-state index in [2.05, 4.69) is 5.32 Å². The summed E-state index contributed by atoms with van der Waals surface area (Å²) in [5, 5.41) is 4.23. The van der Waals surface area contributed by atoms with E-state index in [0.717, 1.165) is 9.87 Å². The van der Waals surface area contributed by atoms with Crippen molar-refractivity contribution in [1.29, 1.82) is 0 Å². The van der Waals surface area contributed by atoms with E-state index in [9.17, 15) is 13.2 Å². The zero-order valence-electron chi connectivity index (χ0n) is 16.8. The van der Waals surface area contributed by atoms with E-state index >= 15 is 0 Å². The highest BCUT2D eigenvalue weighted by Gasteiger charge is 2.28. The number of nitrogens with zero attached hydrogens (tertiary/aromatic N) is 1. The van der Waals surface area contributed by atoms with Crippen LogP contribution in [0.1, 0.15) is 11.1 Å². The first-order chi connectivity index (χ1) is 15.1. The topological polar surface area (TPSA) is 66.5 Å². The fraction of sp³-hybridized carbons (Fsp3) is 0.136. The van der Waals surface area contributed by atoms with Crippen LogP contribution < -0.4 is 5.32 Å². The van der Waals surface area contributed by atoms with Gasteiger partial charge in [0.15, 0.2) is 0 Å². The first kappa shape index (κ1) is 24.8. The molecule has 0 spiro atoms. The molecule has 0 radical (unpaired) electrons. The number of nitrogens with one attached hydrogen (secondary N) is 1. The third kappa shape index (κ3) is 5.95. The van der Waals surface area contributed by atoms with Gasteiger partial charge in [0.25, 0.3) is 0 Å². The first-order valence-electron chi connectivity index (χ1n) is 9.32. The fourth-order valence-corrected chi connectivity index (χ4v) is 5.19. The van der Waals surface area contributed by atoms with Crippen LogP contribution in [0.5, 0.6) is 0 Å². The Hall–Kier alpha value is -1.80. The smallest absolute Gasteiger partial charge is 0.243 e. The summed E-state index contributed by atoms with van der Waals surface area (Å²) in [4.78, 5) is 12.8. The molecule has 0 aliphatic heterocycles. The van der Waals surface area contributed by atoms with Crippen molar-refractivity contribution in [3.8, 4) is 0 Å². The Kier molecular flexibility index (Phi) is 8.09. The van der Waals surface area contributed by atoms with Gasteiger partial charge in [-0.2, -0.15) is 4.31 Å². The number of rotatable bonds is 7. The Morgan fingerprint density at radius 1 is 0.906 bits per heavy atom. The predicted molar refractivity (Wildman–Crippen MR) is 130 cm³/mol. The first-order valence-corrected chi connectivity index (χ1v) is 12.3. The maximum atomic E-state index is 13.4. The molecule has 0 aliphatic carbocycles. The molecule has 3 aromatic carbocycles. The lowest BCUT2D eigenvalue weighted by Gasteiger charge is -2.23. The van der Waals surface area contributed by atoms with Crippen molar-refractivity contribution in [3.63, 3.8) is 0 Å². The summed E-state index contributed by atoms with van der Waals surface area (Å²) in [6.45, 7) is 1.12. The Balaban J connectivity index is 1.94. The lowest BCUT2D eigenvalue weighted by Crippen LogP contribution is -2.37. The highest BCUT2D eigenvalue weighted by atomic mass is 35.5. The van der Waals surface area contributed by atoms with Gasteiger partial charge in [-0.25, -0.2) is 8.42 Å². The molecule has 0 atom stereocenters. The maximum absolute atomic E-state index is 13.4. The van der Waals surface area contributed by atoms with E-state index in [1.807, 2.05) is 0 Å². The summed E-state index contributed by atoms with van der Waals surface area (Å²) >= 11 is 24.4. The highest BCUT2D eigenvalue weighted by molar-refractivity contribution is 7.89. The standard InChI is InChI=1S/C22H18Cl4N2O3S/c1-14-11-16(24)7-10-21(14)27-22(29)13-28(12-18-19(25)3-2-4-20(18)26)32(30,31)17-8-5-15(23)6-9-17/h2-11H,12-13H2,1H3,(H,27,29). The van der Waals surface area contributed by atoms with Gasteiger partial charge in [-0.15, -0.1) is 0 Å². The molecular weight excluding hydrogens is 514 g/mol. The average Bonchev–Trinajstić information content (AvgIpc) is 2.72. The van der Waals surface area contributed by atoms with E-state index in [4.69, 9.17) is 46.4 Å². The van der Waals surface area contributed by atoms with E-state index in [0.29, 0.717) is 31.3 Å². The third-order valence-electron chi connectivity index (χ3n) is 4.63. The normalized spacial score (nSPS) is 11.6. The summed E-state index contributed by atoms with van der Waals surface area (Å²) in [6.07, 6.45) is 0. The molecule has 0 heterocycles. The Morgan fingerprint density at radius 3 is 2.09 bits per heavy atom. The summed E-state index contributed by atoms with van der Waals surface area (Å²) in [5.74, 6) is -0.531. The van der Waals surface area contributed by atoms with Crippen LogP contribution in [0.3, 0.4) is 0 Å². The van der Waals surface area contributed by atoms with Crippen molar-refractivity contribution < 1.29 is 13.2 Å². The summed E-state index contributed by atoms with van der Waals surface area (Å²) in [7, 11) is -4.08. The zero-order valence-corrected chi connectivity index (χ0v) is 20.6. The molecule has 1 amide bonds. The molecule has 0 aliphatic rings. The Bertz CT molecular complexity index is 1230. The lowest BCUT2D eigenvalue weighted by molar-refractivity contribution is -0.116. The maximum Gasteiger partial charge on any atom is 0.243 e. The van der Waals surface area contributed by atoms with Gasteiger partial charge in [0.05, 0.1) is 11.4 Å². The molecule has 10 heteroatoms. The number of hydrogen-bond donors (Lipinski definition) is 1. The van der Waals surface area contributed by atoms with Gasteiger partial charge in [-0.05, 0) is 67.1 Å². The molecule has 3 aromatic rings. The second kappa shape index (κ2) is 10.4. The molecule has 0 saturated heterocycles. The van der Waals surface area contributed by atoms with Crippen molar-refractivity contribution in [3.05, 3.63) is 91.9 Å². The predicted octanol–water partition coefficient (Wildman–Crippen LogP) is 6.44. The van der Waals surface area contributed by atoms with Crippen molar-refractivity contribution in [2.75, 3.05) is 11.9 Å². The van der Waals surface area contributed by atoms with E-state index in [1.165, 1.54) is 24.3 Å². The minimum Gasteiger partial charge on any atom is -0.325 e. The number of halogens is 4. The summed E-state index contributed by atoms with van der Waals surface area (Å²) in [6, 6.07) is 15.5. The van der Waals surface area contributed by atoms with Crippen LogP contribution >= 0.6 is 46.4 Å². The second-order valence-electron chi connectivity index (χ2n) is 6.93. The fourth-order valence-electron chi connectivity index (χ4n) is 2.96. The molecular formula is C22H18Cl4N2O3S. The highest BCUT2D eigenvalue weighted by Crippen LogP contribution is 2.29. The number of sulfonamides is 1. The van der Waals surface area contributed by atoms with Crippen LogP contribution in [-0.4, -0.2) is 25.2 Å². The van der Waals surface area contributed by atoms with Crippen molar-refractivity contribution >= 4 is 68.0 Å². The Labute approximate surface area is 206 Å². The minimum atomic E-state index is -4.08. The second-order valence-corrected chi connectivity index (χ2v) is 10.6. The number of aryl methyl sites for hydroxylation is 1. The van der Waals surface area contributed by atoms with E-state index in [1.54, 1.807) is 43.3 Å². The lowest BCUT2D eigenvalue weighted by atomic mass is 10.2. The number of amides is 1. The van der Waals surface area contributed by atoms with Gasteiger partial charge >= 0.3 is 0 Å². The summed E-state index contributed by atoms with van der Waals surface area (Å²) in [5.41, 5.74) is 1.66. The van der Waals surface area contributed by atoms with Gasteiger partial charge in [0.2, 0.25) is 15.9 Å². The Morgan fingerprint density at radius 2 is 1.50 bits per heavy atom. The minimum absolute atomic E-state index is 0.0134. The van der Waals surface area contributed by atoms with Crippen LogP contribution in [0, 0.1) is 6.92 Å². The molecule has 168 valence electrons. The molecule has 0 unspecified atom stereocenters. The van der Waals surface area contributed by atoms with Gasteiger partial charge in [0.1, 0.15) is 0 Å². The number of hydrogen-bond acceptors (Lipinski definition) is 3. The largest absolute Gasteiger partial charge is 0.325 e. The molecule has 0 bridgehead atoms. The molecule has 0 saturated carbocycles. The number of carbonyl (C=O) groups is 1. The van der Waals surface area contributed by atoms with E-state index in [-0.39, 0.29) is 11.4 Å².